The number of aliphatic hydroxyl groups is 2. The quantitative estimate of drug-likeness (QED) is 0.740. The van der Waals surface area contributed by atoms with Gasteiger partial charge in [0.25, 0.3) is 0 Å². The molecule has 2 rings (SSSR count). The van der Waals surface area contributed by atoms with Crippen molar-refractivity contribution in [3.05, 3.63) is 0 Å². The second-order valence-electron chi connectivity index (χ2n) is 6.36. The average molecular weight is 272 g/mol. The van der Waals surface area contributed by atoms with E-state index in [0.717, 1.165) is 25.6 Å². The minimum absolute atomic E-state index is 0.0180. The smallest absolute Gasteiger partial charge is 0.109 e. The molecule has 2 aliphatic heterocycles. The first-order chi connectivity index (χ1) is 9.02. The Bertz CT molecular complexity index is 280. The fraction of sp³-hybridized carbons (Fsp3) is 1.00. The normalized spacial score (nSPS) is 38.2. The first-order valence-corrected chi connectivity index (χ1v) is 7.36. The molecule has 0 aromatic heterocycles. The maximum absolute atomic E-state index is 10.4. The van der Waals surface area contributed by atoms with Crippen molar-refractivity contribution < 1.29 is 14.9 Å². The maximum atomic E-state index is 10.4. The molecule has 0 spiro atoms. The summed E-state index contributed by atoms with van der Waals surface area (Å²) in [6.07, 6.45) is 1.33. The Labute approximate surface area is 116 Å². The molecule has 0 radical (unpaired) electrons. The second-order valence-corrected chi connectivity index (χ2v) is 6.36. The molecule has 2 N–H and O–H groups in total. The van der Waals surface area contributed by atoms with E-state index in [-0.39, 0.29) is 18.8 Å². The Balaban J connectivity index is 2.04. The Morgan fingerprint density at radius 3 is 2.37 bits per heavy atom. The molecular formula is C14H28N2O3. The number of likely N-dealkylation sites (tertiary alicyclic amines) is 1. The van der Waals surface area contributed by atoms with Crippen LogP contribution in [0.3, 0.4) is 0 Å². The van der Waals surface area contributed by atoms with Crippen LogP contribution in [0.5, 0.6) is 0 Å². The van der Waals surface area contributed by atoms with Crippen LogP contribution < -0.4 is 0 Å². The van der Waals surface area contributed by atoms with Crippen molar-refractivity contribution in [2.75, 3.05) is 40.3 Å². The van der Waals surface area contributed by atoms with Crippen molar-refractivity contribution in [2.45, 2.75) is 44.1 Å². The highest BCUT2D eigenvalue weighted by atomic mass is 16.5. The van der Waals surface area contributed by atoms with Crippen LogP contribution in [0.25, 0.3) is 0 Å². The Kier molecular flexibility index (Phi) is 5.20. The van der Waals surface area contributed by atoms with Crippen LogP contribution in [0.4, 0.5) is 0 Å². The van der Waals surface area contributed by atoms with Gasteiger partial charge < -0.3 is 19.8 Å². The summed E-state index contributed by atoms with van der Waals surface area (Å²) in [6, 6.07) is 0.0204. The minimum Gasteiger partial charge on any atom is -0.394 e. The zero-order valence-corrected chi connectivity index (χ0v) is 12.3. The third-order valence-electron chi connectivity index (χ3n) is 4.43. The van der Waals surface area contributed by atoms with Crippen molar-refractivity contribution in [1.82, 2.24) is 9.80 Å². The number of nitrogens with zero attached hydrogens (tertiary/aromatic N) is 2. The predicted molar refractivity (Wildman–Crippen MR) is 74.1 cm³/mol. The Hall–Kier alpha value is -0.200. The molecule has 0 aromatic rings. The fourth-order valence-electron chi connectivity index (χ4n) is 3.27. The van der Waals surface area contributed by atoms with E-state index < -0.39 is 12.2 Å². The van der Waals surface area contributed by atoms with E-state index in [1.165, 1.54) is 12.8 Å². The van der Waals surface area contributed by atoms with E-state index in [1.54, 1.807) is 0 Å². The van der Waals surface area contributed by atoms with Gasteiger partial charge in [-0.25, -0.2) is 0 Å². The van der Waals surface area contributed by atoms with Gasteiger partial charge in [0.1, 0.15) is 12.2 Å². The van der Waals surface area contributed by atoms with E-state index in [2.05, 4.69) is 16.7 Å². The van der Waals surface area contributed by atoms with E-state index in [4.69, 9.17) is 4.74 Å². The molecule has 5 nitrogen and oxygen atoms in total. The molecule has 0 amide bonds. The van der Waals surface area contributed by atoms with Crippen LogP contribution in [0.15, 0.2) is 0 Å². The van der Waals surface area contributed by atoms with Crippen LogP contribution >= 0.6 is 0 Å². The minimum atomic E-state index is -0.580. The molecule has 0 saturated carbocycles. The topological polar surface area (TPSA) is 56.2 Å². The van der Waals surface area contributed by atoms with Gasteiger partial charge in [-0.1, -0.05) is 6.92 Å². The van der Waals surface area contributed by atoms with E-state index in [9.17, 15) is 10.2 Å². The molecule has 2 fully saturated rings. The molecule has 19 heavy (non-hydrogen) atoms. The van der Waals surface area contributed by atoms with E-state index in [1.807, 2.05) is 14.1 Å². The molecule has 0 aliphatic carbocycles. The summed E-state index contributed by atoms with van der Waals surface area (Å²) in [6.45, 7) is 5.01. The Morgan fingerprint density at radius 1 is 1.21 bits per heavy atom. The third-order valence-corrected chi connectivity index (χ3v) is 4.43. The van der Waals surface area contributed by atoms with Gasteiger partial charge >= 0.3 is 0 Å². The van der Waals surface area contributed by atoms with Gasteiger partial charge in [0.2, 0.25) is 0 Å². The molecule has 5 heteroatoms. The number of piperidine rings is 1. The molecule has 0 bridgehead atoms. The molecular weight excluding hydrogens is 244 g/mol. The van der Waals surface area contributed by atoms with E-state index >= 15 is 0 Å². The molecule has 4 atom stereocenters. The number of ether oxygens (including phenoxy) is 1. The highest BCUT2D eigenvalue weighted by molar-refractivity contribution is 4.98. The Morgan fingerprint density at radius 2 is 1.84 bits per heavy atom. The lowest BCUT2D eigenvalue weighted by atomic mass is 9.94. The van der Waals surface area contributed by atoms with Crippen LogP contribution in [-0.4, -0.2) is 84.7 Å². The second kappa shape index (κ2) is 6.50. The zero-order valence-electron chi connectivity index (χ0n) is 12.3. The lowest BCUT2D eigenvalue weighted by Gasteiger charge is -2.38. The molecule has 0 aromatic carbocycles. The van der Waals surface area contributed by atoms with Crippen molar-refractivity contribution >= 4 is 0 Å². The highest BCUT2D eigenvalue weighted by Crippen LogP contribution is 2.29. The van der Waals surface area contributed by atoms with Gasteiger partial charge in [0.05, 0.1) is 18.8 Å². The van der Waals surface area contributed by atoms with Crippen LogP contribution in [0.2, 0.25) is 0 Å². The average Bonchev–Trinajstić information content (AvgIpc) is 2.66. The summed E-state index contributed by atoms with van der Waals surface area (Å²) >= 11 is 0. The molecule has 112 valence electrons. The summed E-state index contributed by atoms with van der Waals surface area (Å²) in [7, 11) is 4.02. The largest absolute Gasteiger partial charge is 0.394 e. The summed E-state index contributed by atoms with van der Waals surface area (Å²) < 4.78 is 5.84. The molecule has 0 unspecified atom stereocenters. The van der Waals surface area contributed by atoms with Crippen molar-refractivity contribution in [3.8, 4) is 0 Å². The first-order valence-electron chi connectivity index (χ1n) is 7.36. The zero-order chi connectivity index (χ0) is 14.0. The summed E-state index contributed by atoms with van der Waals surface area (Å²) in [5, 5.41) is 19.7. The van der Waals surface area contributed by atoms with Gasteiger partial charge in [-0.05, 0) is 45.9 Å². The highest BCUT2D eigenvalue weighted by Gasteiger charge is 2.46. The number of hydrogen-bond acceptors (Lipinski definition) is 5. The van der Waals surface area contributed by atoms with Gasteiger partial charge in [-0.3, -0.25) is 4.90 Å². The van der Waals surface area contributed by atoms with Gasteiger partial charge in [0.15, 0.2) is 0 Å². The third kappa shape index (κ3) is 3.47. The number of aliphatic hydroxyl groups excluding tert-OH is 2. The SMILES string of the molecule is CC1CCN([C@@H]2[C@H](O)[C@H](CO)O[C@@H]2CN(C)C)CC1. The monoisotopic (exact) mass is 272 g/mol. The van der Waals surface area contributed by atoms with E-state index in [0.29, 0.717) is 0 Å². The number of likely N-dealkylation sites (N-methyl/N-ethyl adjacent to an activating group) is 1. The number of hydrogen-bond donors (Lipinski definition) is 2. The van der Waals surface area contributed by atoms with Crippen LogP contribution in [-0.2, 0) is 4.74 Å². The van der Waals surface area contributed by atoms with Crippen molar-refractivity contribution in [2.24, 2.45) is 5.92 Å². The number of rotatable bonds is 4. The standard InChI is InChI=1S/C14H28N2O3/c1-10-4-6-16(7-5-10)13-11(8-15(2)3)19-12(9-17)14(13)18/h10-14,17-18H,4-9H2,1-3H3/t11-,12+,13+,14-/m1/s1. The summed E-state index contributed by atoms with van der Waals surface area (Å²) in [5.74, 6) is 0.775. The molecule has 2 heterocycles. The predicted octanol–water partition coefficient (Wildman–Crippen LogP) is -0.231. The molecule has 2 aliphatic rings. The lowest BCUT2D eigenvalue weighted by molar-refractivity contribution is -0.0276. The van der Waals surface area contributed by atoms with Crippen LogP contribution in [0.1, 0.15) is 19.8 Å². The van der Waals surface area contributed by atoms with Crippen molar-refractivity contribution in [3.63, 3.8) is 0 Å². The van der Waals surface area contributed by atoms with Gasteiger partial charge in [-0.2, -0.15) is 0 Å². The first kappa shape index (κ1) is 15.2. The lowest BCUT2D eigenvalue weighted by Crippen LogP contribution is -2.52. The summed E-state index contributed by atoms with van der Waals surface area (Å²) in [4.78, 5) is 4.44. The fourth-order valence-corrected chi connectivity index (χ4v) is 3.27. The maximum Gasteiger partial charge on any atom is 0.109 e. The van der Waals surface area contributed by atoms with Gasteiger partial charge in [0, 0.05) is 6.54 Å². The van der Waals surface area contributed by atoms with Crippen molar-refractivity contribution in [1.29, 1.82) is 0 Å². The summed E-state index contributed by atoms with van der Waals surface area (Å²) in [5.41, 5.74) is 0. The van der Waals surface area contributed by atoms with Gasteiger partial charge in [-0.15, -0.1) is 0 Å². The molecule has 2 saturated heterocycles. The van der Waals surface area contributed by atoms with Crippen LogP contribution in [0, 0.1) is 5.92 Å².